The van der Waals surface area contributed by atoms with Crippen LogP contribution in [0.1, 0.15) is 188 Å². The Kier molecular flexibility index (Phi) is 18.6. The molecule has 1 spiro atoms. The number of carbonyl (C=O) groups excluding carboxylic acids is 3. The highest BCUT2D eigenvalue weighted by molar-refractivity contribution is 5.92. The number of ether oxygens (including phenoxy) is 4. The Labute approximate surface area is 346 Å². The van der Waals surface area contributed by atoms with E-state index < -0.39 is 11.0 Å². The maximum Gasteiger partial charge on any atom is 0.306 e. The normalized spacial score (nSPS) is 30.2. The van der Waals surface area contributed by atoms with Crippen molar-refractivity contribution in [3.05, 3.63) is 11.6 Å². The van der Waals surface area contributed by atoms with Crippen molar-refractivity contribution in [2.75, 3.05) is 39.5 Å². The van der Waals surface area contributed by atoms with Crippen LogP contribution in [0.4, 0.5) is 0 Å². The topological polar surface area (TPSA) is 112 Å². The van der Waals surface area contributed by atoms with Gasteiger partial charge in [0.2, 0.25) is 5.78 Å². The zero-order valence-electron chi connectivity index (χ0n) is 36.6. The molecule has 4 fully saturated rings. The maximum absolute atomic E-state index is 13.7. The van der Waals surface area contributed by atoms with Crippen LogP contribution in [0, 0.1) is 23.2 Å². The zero-order valence-corrected chi connectivity index (χ0v) is 36.6. The second kappa shape index (κ2) is 22.8. The minimum absolute atomic E-state index is 0.00146. The molecule has 9 heteroatoms. The molecule has 1 heterocycles. The van der Waals surface area contributed by atoms with Crippen LogP contribution in [0.25, 0.3) is 0 Å². The van der Waals surface area contributed by atoms with E-state index in [4.69, 9.17) is 18.9 Å². The number of aliphatic hydroxyl groups is 1. The van der Waals surface area contributed by atoms with Gasteiger partial charge in [0.1, 0.15) is 5.60 Å². The summed E-state index contributed by atoms with van der Waals surface area (Å²) in [6.07, 6.45) is 26.3. The minimum atomic E-state index is -1.51. The molecule has 7 unspecified atom stereocenters. The molecule has 0 aromatic rings. The SMILES string of the molecule is CCCCCCOC(CCCCCN(CCCC)CCCCCC(=O)OCC(=O)C1(O)CCC2C3CCC4=CC(=O)CCC45OC(CC21C)C35)OCCCCCC. The first kappa shape index (κ1) is 46.4. The molecule has 3 saturated carbocycles. The fourth-order valence-corrected chi connectivity index (χ4v) is 11.6. The lowest BCUT2D eigenvalue weighted by atomic mass is 9.45. The molecule has 5 rings (SSSR count). The average molecular weight is 800 g/mol. The summed E-state index contributed by atoms with van der Waals surface area (Å²) in [4.78, 5) is 41.2. The molecule has 1 N–H and O–H groups in total. The highest BCUT2D eigenvalue weighted by Gasteiger charge is 2.73. The number of rotatable bonds is 30. The van der Waals surface area contributed by atoms with E-state index in [-0.39, 0.29) is 48.1 Å². The molecule has 7 atom stereocenters. The van der Waals surface area contributed by atoms with E-state index in [2.05, 4.69) is 32.6 Å². The van der Waals surface area contributed by atoms with Gasteiger partial charge in [-0.15, -0.1) is 0 Å². The molecule has 57 heavy (non-hydrogen) atoms. The highest BCUT2D eigenvalue weighted by Crippen LogP contribution is 2.71. The first-order valence-corrected chi connectivity index (χ1v) is 23.9. The molecule has 4 aliphatic carbocycles. The van der Waals surface area contributed by atoms with Crippen molar-refractivity contribution in [3.8, 4) is 0 Å². The molecule has 1 saturated heterocycles. The van der Waals surface area contributed by atoms with Crippen LogP contribution in [0.2, 0.25) is 0 Å². The summed E-state index contributed by atoms with van der Waals surface area (Å²) in [7, 11) is 0. The fourth-order valence-electron chi connectivity index (χ4n) is 11.6. The number of nitrogens with zero attached hydrogens (tertiary/aromatic N) is 1. The van der Waals surface area contributed by atoms with Crippen LogP contribution in [-0.4, -0.2) is 90.6 Å². The molecular weight excluding hydrogens is 719 g/mol. The van der Waals surface area contributed by atoms with E-state index in [0.717, 1.165) is 103 Å². The van der Waals surface area contributed by atoms with Gasteiger partial charge >= 0.3 is 5.97 Å². The van der Waals surface area contributed by atoms with E-state index >= 15 is 0 Å². The van der Waals surface area contributed by atoms with E-state index in [1.165, 1.54) is 69.8 Å². The van der Waals surface area contributed by atoms with Crippen molar-refractivity contribution < 1.29 is 38.4 Å². The third-order valence-corrected chi connectivity index (χ3v) is 14.9. The molecule has 5 aliphatic rings. The van der Waals surface area contributed by atoms with Crippen LogP contribution < -0.4 is 0 Å². The fraction of sp³-hybridized carbons (Fsp3) is 0.896. The maximum atomic E-state index is 13.7. The molecule has 0 bridgehead atoms. The number of Topliss-reactive ketones (excluding diaryl/α,β-unsaturated/α-hetero) is 1. The Bertz CT molecular complexity index is 1290. The van der Waals surface area contributed by atoms with Gasteiger partial charge in [0.25, 0.3) is 0 Å². The van der Waals surface area contributed by atoms with Gasteiger partial charge in [0.05, 0.1) is 11.7 Å². The average Bonchev–Trinajstić information content (AvgIpc) is 3.47. The molecule has 0 aromatic carbocycles. The molecule has 0 amide bonds. The van der Waals surface area contributed by atoms with E-state index in [0.29, 0.717) is 37.5 Å². The summed E-state index contributed by atoms with van der Waals surface area (Å²) in [5, 5.41) is 12.0. The van der Waals surface area contributed by atoms with Gasteiger partial charge in [-0.05, 0) is 133 Å². The van der Waals surface area contributed by atoms with Crippen LogP contribution in [-0.2, 0) is 33.3 Å². The van der Waals surface area contributed by atoms with Crippen molar-refractivity contribution in [3.63, 3.8) is 0 Å². The lowest BCUT2D eigenvalue weighted by Crippen LogP contribution is -2.72. The first-order valence-electron chi connectivity index (χ1n) is 23.9. The van der Waals surface area contributed by atoms with E-state index in [1.54, 1.807) is 0 Å². The second-order valence-electron chi connectivity index (χ2n) is 18.8. The Balaban J connectivity index is 0.964. The smallest absolute Gasteiger partial charge is 0.306 e. The van der Waals surface area contributed by atoms with Crippen molar-refractivity contribution >= 4 is 17.5 Å². The van der Waals surface area contributed by atoms with Crippen molar-refractivity contribution in [1.82, 2.24) is 4.90 Å². The Hall–Kier alpha value is -1.65. The highest BCUT2D eigenvalue weighted by atomic mass is 16.7. The largest absolute Gasteiger partial charge is 0.458 e. The van der Waals surface area contributed by atoms with Gasteiger partial charge in [0, 0.05) is 37.4 Å². The molecule has 0 radical (unpaired) electrons. The van der Waals surface area contributed by atoms with Crippen LogP contribution in [0.5, 0.6) is 0 Å². The van der Waals surface area contributed by atoms with Crippen molar-refractivity contribution in [2.45, 2.75) is 212 Å². The summed E-state index contributed by atoms with van der Waals surface area (Å²) in [5.74, 6) is 0.468. The first-order chi connectivity index (χ1) is 27.6. The standard InChI is InChI=1S/C48H81NO8/c1-5-8-11-19-32-54-44(55-33-20-12-9-6-2)22-16-14-18-31-49(29-10-7-3)30-17-13-15-21-43(52)56-36-42(51)48(53)28-26-40-39-24-23-37-34-38(50)25-27-47(37)45(39)41(57-47)35-46(40,48)4/h34,39-41,44-45,53H,5-33,35-36H2,1-4H3. The summed E-state index contributed by atoms with van der Waals surface area (Å²) in [6.45, 7) is 13.3. The Morgan fingerprint density at radius 2 is 1.47 bits per heavy atom. The number of fused-ring (bicyclic) bond motifs is 2. The quantitative estimate of drug-likeness (QED) is 0.0431. The van der Waals surface area contributed by atoms with Crippen LogP contribution >= 0.6 is 0 Å². The lowest BCUT2D eigenvalue weighted by Gasteiger charge is -2.69. The Morgan fingerprint density at radius 1 is 0.825 bits per heavy atom. The predicted octanol–water partition coefficient (Wildman–Crippen LogP) is 9.85. The molecular formula is C48H81NO8. The van der Waals surface area contributed by atoms with Crippen molar-refractivity contribution in [2.24, 2.45) is 23.2 Å². The van der Waals surface area contributed by atoms with Crippen LogP contribution in [0.3, 0.4) is 0 Å². The predicted molar refractivity (Wildman–Crippen MR) is 225 cm³/mol. The lowest BCUT2D eigenvalue weighted by molar-refractivity contribution is -0.317. The van der Waals surface area contributed by atoms with E-state index in [9.17, 15) is 19.5 Å². The number of carbonyl (C=O) groups is 3. The van der Waals surface area contributed by atoms with Crippen molar-refractivity contribution in [1.29, 1.82) is 0 Å². The summed E-state index contributed by atoms with van der Waals surface area (Å²) < 4.78 is 24.5. The van der Waals surface area contributed by atoms with Gasteiger partial charge in [-0.3, -0.25) is 14.4 Å². The van der Waals surface area contributed by atoms with Gasteiger partial charge in [0.15, 0.2) is 18.7 Å². The molecule has 326 valence electrons. The second-order valence-corrected chi connectivity index (χ2v) is 18.8. The number of hydrogen-bond acceptors (Lipinski definition) is 9. The molecule has 0 aromatic heterocycles. The Morgan fingerprint density at radius 3 is 2.16 bits per heavy atom. The zero-order chi connectivity index (χ0) is 40.7. The number of ketones is 2. The third kappa shape index (κ3) is 11.6. The molecule has 1 aliphatic heterocycles. The van der Waals surface area contributed by atoms with Gasteiger partial charge in [-0.2, -0.15) is 0 Å². The molecule has 9 nitrogen and oxygen atoms in total. The number of hydrogen-bond donors (Lipinski definition) is 1. The minimum Gasteiger partial charge on any atom is -0.458 e. The van der Waals surface area contributed by atoms with E-state index in [1.807, 2.05) is 6.08 Å². The summed E-state index contributed by atoms with van der Waals surface area (Å²) in [5.41, 5.74) is -1.24. The van der Waals surface area contributed by atoms with Gasteiger partial charge in [-0.25, -0.2) is 0 Å². The van der Waals surface area contributed by atoms with Gasteiger partial charge < -0.3 is 29.0 Å². The van der Waals surface area contributed by atoms with Crippen LogP contribution in [0.15, 0.2) is 11.6 Å². The number of unbranched alkanes of at least 4 members (excludes halogenated alkanes) is 11. The van der Waals surface area contributed by atoms with Gasteiger partial charge in [-0.1, -0.05) is 85.5 Å². The third-order valence-electron chi connectivity index (χ3n) is 14.9. The number of esters is 1. The summed E-state index contributed by atoms with van der Waals surface area (Å²) >= 11 is 0. The monoisotopic (exact) mass is 800 g/mol. The summed E-state index contributed by atoms with van der Waals surface area (Å²) in [6, 6.07) is 0.